The maximum atomic E-state index is 12.2. The molecule has 0 unspecified atom stereocenters. The van der Waals surface area contributed by atoms with Crippen LogP contribution in [0.15, 0.2) is 18.3 Å². The molecule has 0 atom stereocenters. The van der Waals surface area contributed by atoms with E-state index in [0.717, 1.165) is 25.9 Å². The average molecular weight is 306 g/mol. The highest BCUT2D eigenvalue weighted by atomic mass is 16.6. The van der Waals surface area contributed by atoms with Crippen LogP contribution in [0.1, 0.15) is 33.6 Å². The van der Waals surface area contributed by atoms with Crippen molar-refractivity contribution >= 4 is 17.4 Å². The van der Waals surface area contributed by atoms with Crippen molar-refractivity contribution in [1.29, 1.82) is 0 Å². The molecule has 1 aromatic rings. The van der Waals surface area contributed by atoms with E-state index < -0.39 is 4.92 Å². The predicted octanol–water partition coefficient (Wildman–Crippen LogP) is 2.44. The number of amides is 1. The largest absolute Gasteiger partial charge is 0.367 e. The van der Waals surface area contributed by atoms with Gasteiger partial charge in [-0.15, -0.1) is 0 Å². The Morgan fingerprint density at radius 3 is 2.45 bits per heavy atom. The van der Waals surface area contributed by atoms with Crippen LogP contribution in [0.5, 0.6) is 0 Å². The summed E-state index contributed by atoms with van der Waals surface area (Å²) in [4.78, 5) is 28.3. The molecule has 0 saturated carbocycles. The Morgan fingerprint density at radius 1 is 1.36 bits per heavy atom. The van der Waals surface area contributed by atoms with Gasteiger partial charge in [0, 0.05) is 30.6 Å². The zero-order chi connectivity index (χ0) is 16.3. The fourth-order valence-electron chi connectivity index (χ4n) is 2.49. The standard InChI is InChI=1S/C15H22N4O3/c1-15(2,3)14(20)18-8-6-11(7-9-18)17-13-5-4-12(10-16-13)19(21)22/h4-5,10-11H,6-9H2,1-3H3,(H,16,17). The number of piperidine rings is 1. The first-order valence-corrected chi connectivity index (χ1v) is 7.44. The van der Waals surface area contributed by atoms with E-state index in [-0.39, 0.29) is 23.1 Å². The molecule has 1 fully saturated rings. The number of rotatable bonds is 3. The molecular formula is C15H22N4O3. The van der Waals surface area contributed by atoms with Gasteiger partial charge in [-0.25, -0.2) is 4.98 Å². The molecule has 0 aliphatic carbocycles. The summed E-state index contributed by atoms with van der Waals surface area (Å²) in [6.07, 6.45) is 2.95. The first-order valence-electron chi connectivity index (χ1n) is 7.44. The lowest BCUT2D eigenvalue weighted by Crippen LogP contribution is -2.46. The van der Waals surface area contributed by atoms with Crippen LogP contribution >= 0.6 is 0 Å². The third-order valence-electron chi connectivity index (χ3n) is 3.73. The van der Waals surface area contributed by atoms with Gasteiger partial charge < -0.3 is 10.2 Å². The molecule has 1 saturated heterocycles. The zero-order valence-corrected chi connectivity index (χ0v) is 13.2. The molecule has 0 spiro atoms. The highest BCUT2D eigenvalue weighted by Crippen LogP contribution is 2.22. The number of carbonyl (C=O) groups is 1. The monoisotopic (exact) mass is 306 g/mol. The molecule has 120 valence electrons. The van der Waals surface area contributed by atoms with Crippen LogP contribution in [0.25, 0.3) is 0 Å². The molecule has 22 heavy (non-hydrogen) atoms. The Morgan fingerprint density at radius 2 is 2.00 bits per heavy atom. The van der Waals surface area contributed by atoms with Gasteiger partial charge in [-0.2, -0.15) is 0 Å². The Labute approximate surface area is 129 Å². The molecule has 7 nitrogen and oxygen atoms in total. The summed E-state index contributed by atoms with van der Waals surface area (Å²) < 4.78 is 0. The van der Waals surface area contributed by atoms with Crippen molar-refractivity contribution in [2.75, 3.05) is 18.4 Å². The minimum absolute atomic E-state index is 0.0175. The summed E-state index contributed by atoms with van der Waals surface area (Å²) in [6.45, 7) is 7.24. The quantitative estimate of drug-likeness (QED) is 0.684. The number of nitrogens with zero attached hydrogens (tertiary/aromatic N) is 3. The maximum absolute atomic E-state index is 12.2. The minimum atomic E-state index is -0.465. The lowest BCUT2D eigenvalue weighted by Gasteiger charge is -2.36. The number of hydrogen-bond donors (Lipinski definition) is 1. The number of hydrogen-bond acceptors (Lipinski definition) is 5. The molecule has 1 N–H and O–H groups in total. The summed E-state index contributed by atoms with van der Waals surface area (Å²) >= 11 is 0. The van der Waals surface area contributed by atoms with Gasteiger partial charge in [-0.3, -0.25) is 14.9 Å². The second-order valence-corrected chi connectivity index (χ2v) is 6.62. The van der Waals surface area contributed by atoms with Crippen molar-refractivity contribution in [3.05, 3.63) is 28.4 Å². The number of likely N-dealkylation sites (tertiary alicyclic amines) is 1. The second-order valence-electron chi connectivity index (χ2n) is 6.62. The zero-order valence-electron chi connectivity index (χ0n) is 13.2. The van der Waals surface area contributed by atoms with Crippen LogP contribution in [0, 0.1) is 15.5 Å². The Hall–Kier alpha value is -2.18. The van der Waals surface area contributed by atoms with Crippen molar-refractivity contribution in [1.82, 2.24) is 9.88 Å². The molecule has 1 aromatic heterocycles. The Balaban J connectivity index is 1.87. The molecule has 0 bridgehead atoms. The first kappa shape index (κ1) is 16.2. The molecule has 0 aromatic carbocycles. The second kappa shape index (κ2) is 6.29. The van der Waals surface area contributed by atoms with Gasteiger partial charge >= 0.3 is 0 Å². The summed E-state index contributed by atoms with van der Waals surface area (Å²) in [5, 5.41) is 13.9. The molecular weight excluding hydrogens is 284 g/mol. The van der Waals surface area contributed by atoms with Crippen molar-refractivity contribution in [2.24, 2.45) is 5.41 Å². The smallest absolute Gasteiger partial charge is 0.287 e. The average Bonchev–Trinajstić information content (AvgIpc) is 2.47. The van der Waals surface area contributed by atoms with E-state index in [4.69, 9.17) is 0 Å². The fourth-order valence-corrected chi connectivity index (χ4v) is 2.49. The summed E-state index contributed by atoms with van der Waals surface area (Å²) in [6, 6.07) is 3.29. The van der Waals surface area contributed by atoms with Crippen LogP contribution in [-0.4, -0.2) is 39.8 Å². The molecule has 2 rings (SSSR count). The normalized spacial score (nSPS) is 16.4. The molecule has 1 aliphatic heterocycles. The fraction of sp³-hybridized carbons (Fsp3) is 0.600. The van der Waals surface area contributed by atoms with Gasteiger partial charge in [0.1, 0.15) is 12.0 Å². The minimum Gasteiger partial charge on any atom is -0.367 e. The van der Waals surface area contributed by atoms with E-state index in [1.807, 2.05) is 25.7 Å². The molecule has 1 amide bonds. The van der Waals surface area contributed by atoms with Gasteiger partial charge in [0.15, 0.2) is 0 Å². The van der Waals surface area contributed by atoms with E-state index in [9.17, 15) is 14.9 Å². The van der Waals surface area contributed by atoms with Crippen LogP contribution in [0.2, 0.25) is 0 Å². The first-order chi connectivity index (χ1) is 10.3. The van der Waals surface area contributed by atoms with Gasteiger partial charge in [0.25, 0.3) is 5.69 Å². The highest BCUT2D eigenvalue weighted by molar-refractivity contribution is 5.81. The number of nitro groups is 1. The van der Waals surface area contributed by atoms with Gasteiger partial charge in [0.2, 0.25) is 5.91 Å². The SMILES string of the molecule is CC(C)(C)C(=O)N1CCC(Nc2ccc([N+](=O)[O-])cn2)CC1. The van der Waals surface area contributed by atoms with E-state index >= 15 is 0 Å². The Kier molecular flexibility index (Phi) is 4.63. The Bertz CT molecular complexity index is 543. The van der Waals surface area contributed by atoms with Gasteiger partial charge in [0.05, 0.1) is 4.92 Å². The van der Waals surface area contributed by atoms with E-state index in [1.165, 1.54) is 12.3 Å². The van der Waals surface area contributed by atoms with E-state index in [1.54, 1.807) is 6.07 Å². The third kappa shape index (κ3) is 3.93. The molecule has 1 aliphatic rings. The van der Waals surface area contributed by atoms with Crippen LogP contribution in [0.4, 0.5) is 11.5 Å². The number of pyridine rings is 1. The van der Waals surface area contributed by atoms with Crippen molar-refractivity contribution in [2.45, 2.75) is 39.7 Å². The number of aromatic nitrogens is 1. The van der Waals surface area contributed by atoms with E-state index in [2.05, 4.69) is 10.3 Å². The summed E-state index contributed by atoms with van der Waals surface area (Å²) in [5.74, 6) is 0.811. The van der Waals surface area contributed by atoms with Gasteiger partial charge in [-0.05, 0) is 18.9 Å². The molecule has 0 radical (unpaired) electrons. The van der Waals surface area contributed by atoms with Crippen molar-refractivity contribution in [3.63, 3.8) is 0 Å². The lowest BCUT2D eigenvalue weighted by molar-refractivity contribution is -0.385. The summed E-state index contributed by atoms with van der Waals surface area (Å²) in [7, 11) is 0. The lowest BCUT2D eigenvalue weighted by atomic mass is 9.93. The highest BCUT2D eigenvalue weighted by Gasteiger charge is 2.30. The molecule has 2 heterocycles. The van der Waals surface area contributed by atoms with Gasteiger partial charge in [-0.1, -0.05) is 20.8 Å². The van der Waals surface area contributed by atoms with Crippen LogP contribution < -0.4 is 5.32 Å². The van der Waals surface area contributed by atoms with Crippen molar-refractivity contribution in [3.8, 4) is 0 Å². The number of anilines is 1. The van der Waals surface area contributed by atoms with Crippen LogP contribution in [0.3, 0.4) is 0 Å². The third-order valence-corrected chi connectivity index (χ3v) is 3.73. The topological polar surface area (TPSA) is 88.4 Å². The number of nitrogens with one attached hydrogen (secondary N) is 1. The van der Waals surface area contributed by atoms with E-state index in [0.29, 0.717) is 5.82 Å². The van der Waals surface area contributed by atoms with Crippen molar-refractivity contribution < 1.29 is 9.72 Å². The summed E-state index contributed by atoms with van der Waals surface area (Å²) in [5.41, 5.74) is -0.364. The molecule has 7 heteroatoms. The maximum Gasteiger partial charge on any atom is 0.287 e. The number of carbonyl (C=O) groups excluding carboxylic acids is 1. The predicted molar refractivity (Wildman–Crippen MR) is 83.6 cm³/mol. The van der Waals surface area contributed by atoms with Crippen LogP contribution in [-0.2, 0) is 4.79 Å².